The van der Waals surface area contributed by atoms with Crippen LogP contribution in [0.15, 0.2) is 6.20 Å². The van der Waals surface area contributed by atoms with Crippen LogP contribution in [0.3, 0.4) is 0 Å². The second kappa shape index (κ2) is 15.4. The van der Waals surface area contributed by atoms with E-state index in [0.717, 1.165) is 37.9 Å². The lowest BCUT2D eigenvalue weighted by molar-refractivity contribution is -0.0903. The number of hydrogen-bond acceptors (Lipinski definition) is 6. The van der Waals surface area contributed by atoms with Gasteiger partial charge in [0.2, 0.25) is 0 Å². The van der Waals surface area contributed by atoms with Gasteiger partial charge in [-0.2, -0.15) is 0 Å². The Morgan fingerprint density at radius 2 is 1.52 bits per heavy atom. The predicted octanol–water partition coefficient (Wildman–Crippen LogP) is 3.76. The molecule has 0 saturated heterocycles. The summed E-state index contributed by atoms with van der Waals surface area (Å²) in [6.07, 6.45) is 11.6. The number of nitrogens with zero attached hydrogens (tertiary/aromatic N) is 3. The van der Waals surface area contributed by atoms with Crippen LogP contribution in [-0.2, 0) is 31.9 Å². The summed E-state index contributed by atoms with van der Waals surface area (Å²) in [7, 11) is 1.72. The number of aromatic nitrogens is 3. The van der Waals surface area contributed by atoms with E-state index in [1.54, 1.807) is 7.11 Å². The van der Waals surface area contributed by atoms with E-state index in [1.165, 1.54) is 0 Å². The monoisotopic (exact) mass is 437 g/mol. The van der Waals surface area contributed by atoms with Crippen molar-refractivity contribution in [3.05, 3.63) is 11.9 Å². The number of methoxy groups -OCH3 is 1. The van der Waals surface area contributed by atoms with E-state index in [1.807, 2.05) is 10.9 Å². The van der Waals surface area contributed by atoms with Gasteiger partial charge in [-0.05, 0) is 26.2 Å². The van der Waals surface area contributed by atoms with Crippen molar-refractivity contribution < 1.29 is 18.9 Å². The fraction of sp³-hybridized carbons (Fsp3) is 0.833. The van der Waals surface area contributed by atoms with Crippen molar-refractivity contribution in [1.82, 2.24) is 15.0 Å². The van der Waals surface area contributed by atoms with Crippen LogP contribution < -0.4 is 0 Å². The molecule has 0 bridgehead atoms. The van der Waals surface area contributed by atoms with Gasteiger partial charge in [-0.15, -0.1) is 17.4 Å². The zero-order valence-corrected chi connectivity index (χ0v) is 20.3. The van der Waals surface area contributed by atoms with Crippen molar-refractivity contribution in [2.45, 2.75) is 66.3 Å². The molecule has 0 spiro atoms. The Bertz CT molecular complexity index is 625. The standard InChI is InChI=1S/C24H43N3O4/c1-7-12-14-29-20-24(10-4,17-28-6)21-31-19-23(8-2,9-3)18-30-15-13-22-16-27(11-5)26-25-22/h1,16H,8-15,17-21H2,2-6H3. The van der Waals surface area contributed by atoms with Crippen molar-refractivity contribution in [3.8, 4) is 12.3 Å². The smallest absolute Gasteiger partial charge is 0.0850 e. The van der Waals surface area contributed by atoms with Crippen molar-refractivity contribution in [1.29, 1.82) is 0 Å². The van der Waals surface area contributed by atoms with Crippen LogP contribution in [-0.4, -0.2) is 68.4 Å². The van der Waals surface area contributed by atoms with E-state index >= 15 is 0 Å². The van der Waals surface area contributed by atoms with Gasteiger partial charge in [0.15, 0.2) is 0 Å². The summed E-state index contributed by atoms with van der Waals surface area (Å²) >= 11 is 0. The molecule has 178 valence electrons. The Kier molecular flexibility index (Phi) is 13.7. The Hall–Kier alpha value is -1.46. The van der Waals surface area contributed by atoms with Gasteiger partial charge in [0.05, 0.1) is 51.9 Å². The molecule has 1 atom stereocenters. The average molecular weight is 438 g/mol. The van der Waals surface area contributed by atoms with Gasteiger partial charge in [0.25, 0.3) is 0 Å². The lowest BCUT2D eigenvalue weighted by atomic mass is 9.83. The Balaban J connectivity index is 2.53. The Morgan fingerprint density at radius 3 is 2.10 bits per heavy atom. The van der Waals surface area contributed by atoms with E-state index < -0.39 is 0 Å². The first-order valence-corrected chi connectivity index (χ1v) is 11.6. The summed E-state index contributed by atoms with van der Waals surface area (Å²) in [4.78, 5) is 0. The van der Waals surface area contributed by atoms with E-state index in [9.17, 15) is 0 Å². The molecule has 0 fully saturated rings. The molecule has 0 saturated carbocycles. The van der Waals surface area contributed by atoms with Crippen LogP contribution in [0.25, 0.3) is 0 Å². The van der Waals surface area contributed by atoms with Gasteiger partial charge in [0.1, 0.15) is 0 Å². The highest BCUT2D eigenvalue weighted by Crippen LogP contribution is 2.30. The van der Waals surface area contributed by atoms with Crippen LogP contribution in [0.5, 0.6) is 0 Å². The second-order valence-corrected chi connectivity index (χ2v) is 8.36. The minimum atomic E-state index is -0.164. The molecule has 7 nitrogen and oxygen atoms in total. The van der Waals surface area contributed by atoms with Crippen LogP contribution in [0.1, 0.15) is 59.1 Å². The van der Waals surface area contributed by atoms with Crippen molar-refractivity contribution >= 4 is 0 Å². The van der Waals surface area contributed by atoms with Crippen molar-refractivity contribution in [2.75, 3.05) is 53.4 Å². The molecule has 0 radical (unpaired) electrons. The molecule has 0 N–H and O–H groups in total. The van der Waals surface area contributed by atoms with Crippen LogP contribution in [0, 0.1) is 23.2 Å². The van der Waals surface area contributed by atoms with Gasteiger partial charge in [0, 0.05) is 43.5 Å². The van der Waals surface area contributed by atoms with E-state index in [2.05, 4.69) is 43.9 Å². The zero-order chi connectivity index (χ0) is 23.0. The fourth-order valence-electron chi connectivity index (χ4n) is 3.41. The predicted molar refractivity (Wildman–Crippen MR) is 123 cm³/mol. The molecule has 1 heterocycles. The van der Waals surface area contributed by atoms with Gasteiger partial charge in [-0.25, -0.2) is 0 Å². The lowest BCUT2D eigenvalue weighted by Crippen LogP contribution is -2.39. The van der Waals surface area contributed by atoms with Crippen LogP contribution in [0.2, 0.25) is 0 Å². The molecule has 1 rings (SSSR count). The Morgan fingerprint density at radius 1 is 0.903 bits per heavy atom. The zero-order valence-electron chi connectivity index (χ0n) is 20.3. The van der Waals surface area contributed by atoms with Crippen LogP contribution >= 0.6 is 0 Å². The maximum absolute atomic E-state index is 6.27. The molecule has 0 aliphatic carbocycles. The maximum Gasteiger partial charge on any atom is 0.0850 e. The second-order valence-electron chi connectivity index (χ2n) is 8.36. The summed E-state index contributed by atoms with van der Waals surface area (Å²) in [5.74, 6) is 2.61. The molecule has 7 heteroatoms. The summed E-state index contributed by atoms with van der Waals surface area (Å²) in [6.45, 7) is 13.7. The van der Waals surface area contributed by atoms with Crippen molar-refractivity contribution in [3.63, 3.8) is 0 Å². The number of terminal acetylenes is 1. The number of ether oxygens (including phenoxy) is 4. The van der Waals surface area contributed by atoms with Gasteiger partial charge in [-0.3, -0.25) is 4.68 Å². The Labute approximate surface area is 189 Å². The van der Waals surface area contributed by atoms with Crippen LogP contribution in [0.4, 0.5) is 0 Å². The normalized spacial score (nSPS) is 13.8. The quantitative estimate of drug-likeness (QED) is 0.242. The SMILES string of the molecule is C#CCCOCC(CC)(COC)COCC(CC)(CC)COCCc1cn(CC)nn1. The first kappa shape index (κ1) is 27.6. The molecule has 0 aliphatic rings. The van der Waals surface area contributed by atoms with Crippen molar-refractivity contribution in [2.24, 2.45) is 10.8 Å². The highest BCUT2D eigenvalue weighted by molar-refractivity contribution is 4.92. The van der Waals surface area contributed by atoms with Gasteiger partial charge < -0.3 is 18.9 Å². The van der Waals surface area contributed by atoms with E-state index in [4.69, 9.17) is 25.4 Å². The summed E-state index contributed by atoms with van der Waals surface area (Å²) in [5.41, 5.74) is 0.800. The summed E-state index contributed by atoms with van der Waals surface area (Å²) in [5, 5.41) is 8.25. The summed E-state index contributed by atoms with van der Waals surface area (Å²) < 4.78 is 25.5. The number of rotatable bonds is 19. The molecule has 1 aromatic rings. The first-order valence-electron chi connectivity index (χ1n) is 11.6. The molecule has 31 heavy (non-hydrogen) atoms. The first-order chi connectivity index (χ1) is 15.0. The topological polar surface area (TPSA) is 67.6 Å². The summed E-state index contributed by atoms with van der Waals surface area (Å²) in [6, 6.07) is 0. The molecular weight excluding hydrogens is 394 g/mol. The van der Waals surface area contributed by atoms with Gasteiger partial charge in [-0.1, -0.05) is 26.0 Å². The minimum Gasteiger partial charge on any atom is -0.384 e. The third-order valence-electron chi connectivity index (χ3n) is 6.14. The molecule has 1 aromatic heterocycles. The largest absolute Gasteiger partial charge is 0.384 e. The van der Waals surface area contributed by atoms with Gasteiger partial charge >= 0.3 is 0 Å². The molecule has 0 amide bonds. The van der Waals surface area contributed by atoms with E-state index in [0.29, 0.717) is 52.7 Å². The maximum atomic E-state index is 6.27. The minimum absolute atomic E-state index is 0.00207. The molecule has 1 unspecified atom stereocenters. The molecule has 0 aliphatic heterocycles. The fourth-order valence-corrected chi connectivity index (χ4v) is 3.41. The third-order valence-corrected chi connectivity index (χ3v) is 6.14. The van der Waals surface area contributed by atoms with E-state index in [-0.39, 0.29) is 10.8 Å². The number of hydrogen-bond donors (Lipinski definition) is 0. The highest BCUT2D eigenvalue weighted by atomic mass is 16.5. The lowest BCUT2D eigenvalue weighted by Gasteiger charge is -2.35. The highest BCUT2D eigenvalue weighted by Gasteiger charge is 2.32. The number of aryl methyl sites for hydroxylation is 1. The molecule has 0 aromatic carbocycles. The third kappa shape index (κ3) is 9.69. The molecular formula is C24H43N3O4. The average Bonchev–Trinajstić information content (AvgIpc) is 3.26.